The summed E-state index contributed by atoms with van der Waals surface area (Å²) < 4.78 is 70.1. The van der Waals surface area contributed by atoms with Crippen LogP contribution in [0.3, 0.4) is 0 Å². The lowest BCUT2D eigenvalue weighted by Crippen LogP contribution is -2.25. The Morgan fingerprint density at radius 2 is 0.946 bits per heavy atom. The van der Waals surface area contributed by atoms with Crippen molar-refractivity contribution >= 4 is 79.5 Å². The van der Waals surface area contributed by atoms with E-state index in [1.165, 1.54) is 36.4 Å². The molecule has 304 valence electrons. The van der Waals surface area contributed by atoms with Crippen LogP contribution in [0.15, 0.2) is 46.2 Å². The smallest absolute Gasteiger partial charge is 0.295 e. The number of benzene rings is 2. The summed E-state index contributed by atoms with van der Waals surface area (Å²) in [4.78, 5) is 28.5. The number of hydrogen-bond donors (Lipinski definition) is 8. The van der Waals surface area contributed by atoms with Crippen LogP contribution in [0.2, 0.25) is 0 Å². The van der Waals surface area contributed by atoms with Crippen LogP contribution in [-0.2, 0) is 20.2 Å². The van der Waals surface area contributed by atoms with Crippen molar-refractivity contribution in [3.05, 3.63) is 47.5 Å². The second kappa shape index (κ2) is 20.1. The minimum Gasteiger partial charge on any atom is -0.368 e. The maximum Gasteiger partial charge on any atom is 0.295 e. The van der Waals surface area contributed by atoms with Gasteiger partial charge in [0.1, 0.15) is 9.79 Å². The molecule has 0 radical (unpaired) electrons. The summed E-state index contributed by atoms with van der Waals surface area (Å²) in [5, 5.41) is 12.0. The first-order valence-corrected chi connectivity index (χ1v) is 20.9. The molecule has 20 nitrogen and oxygen atoms in total. The quantitative estimate of drug-likeness (QED) is 0.0319. The van der Waals surface area contributed by atoms with Crippen LogP contribution in [0.1, 0.15) is 51.7 Å². The minimum atomic E-state index is -4.80. The lowest BCUT2D eigenvalue weighted by molar-refractivity contribution is 0.303. The number of anilines is 8. The normalized spacial score (nSPS) is 12.1. The van der Waals surface area contributed by atoms with Gasteiger partial charge >= 0.3 is 0 Å². The number of hydrogen-bond acceptors (Lipinski definition) is 18. The Kier molecular flexibility index (Phi) is 15.6. The molecule has 0 saturated heterocycles. The van der Waals surface area contributed by atoms with Gasteiger partial charge in [0.25, 0.3) is 20.2 Å². The predicted molar refractivity (Wildman–Crippen MR) is 218 cm³/mol. The van der Waals surface area contributed by atoms with Gasteiger partial charge in [-0.3, -0.25) is 9.11 Å². The maximum atomic E-state index is 12.5. The van der Waals surface area contributed by atoms with Crippen molar-refractivity contribution in [2.24, 2.45) is 0 Å². The highest BCUT2D eigenvalue weighted by Gasteiger charge is 2.19. The van der Waals surface area contributed by atoms with Gasteiger partial charge in [0.05, 0.1) is 0 Å². The Morgan fingerprint density at radius 3 is 1.29 bits per heavy atom. The van der Waals surface area contributed by atoms with Crippen LogP contribution in [0.25, 0.3) is 12.2 Å². The van der Waals surface area contributed by atoms with Crippen molar-refractivity contribution < 1.29 is 25.9 Å². The van der Waals surface area contributed by atoms with E-state index in [4.69, 9.17) is 11.5 Å². The third kappa shape index (κ3) is 13.2. The third-order valence-corrected chi connectivity index (χ3v) is 10.3. The number of nitrogens with two attached hydrogens (primary N) is 2. The van der Waals surface area contributed by atoms with Crippen LogP contribution >= 0.6 is 0 Å². The fraction of sp³-hybridized carbons (Fsp3) is 0.412. The molecule has 0 unspecified atom stereocenters. The molecule has 0 saturated carbocycles. The predicted octanol–water partition coefficient (Wildman–Crippen LogP) is 3.66. The van der Waals surface area contributed by atoms with Crippen molar-refractivity contribution in [1.82, 2.24) is 39.7 Å². The number of rotatable bonds is 22. The monoisotopic (exact) mass is 814 g/mol. The van der Waals surface area contributed by atoms with Crippen molar-refractivity contribution in [2.45, 2.75) is 50.3 Å². The summed E-state index contributed by atoms with van der Waals surface area (Å²) in [5.41, 5.74) is 12.2. The van der Waals surface area contributed by atoms with Gasteiger partial charge in [0.15, 0.2) is 0 Å². The van der Waals surface area contributed by atoms with Crippen LogP contribution in [0, 0.1) is 0 Å². The zero-order valence-electron chi connectivity index (χ0n) is 31.8. The molecule has 10 N–H and O–H groups in total. The number of aromatic nitrogens is 6. The van der Waals surface area contributed by atoms with E-state index in [2.05, 4.69) is 88.7 Å². The molecule has 0 spiro atoms. The molecule has 4 aromatic rings. The fourth-order valence-electron chi connectivity index (χ4n) is 5.52. The zero-order chi connectivity index (χ0) is 40.9. The van der Waals surface area contributed by atoms with Gasteiger partial charge < -0.3 is 42.5 Å². The van der Waals surface area contributed by atoms with Crippen LogP contribution in [0.4, 0.5) is 47.1 Å². The van der Waals surface area contributed by atoms with E-state index < -0.39 is 30.0 Å². The van der Waals surface area contributed by atoms with E-state index in [0.29, 0.717) is 13.1 Å². The van der Waals surface area contributed by atoms with Crippen molar-refractivity contribution in [3.8, 4) is 0 Å². The molecular weight excluding hydrogens is 765 g/mol. The first-order valence-electron chi connectivity index (χ1n) is 18.0. The standard InChI is InChI=1S/C34H50N14O6S2/c1-5-47(6-2)19-9-17-37-31-41-29(35)43-33(45-31)39-25-15-13-23(27(21-25)55(49,50)51)11-12-24-14-16-26(22-28(24)56(52,53)54)40-34-44-30(36)42-32(46-34)38-18-10-20-48(7-3)8-4/h11-16,21-22H,5-10,17-20H2,1-4H3,(H,49,50,51)(H,52,53,54)(H4,35,37,39,41,43,45)(H4,36,38,40,42,44,46). The minimum absolute atomic E-state index is 0.00467. The number of nitrogen functional groups attached to an aromatic ring is 2. The van der Waals surface area contributed by atoms with E-state index in [1.54, 1.807) is 0 Å². The molecule has 0 aliphatic rings. The average Bonchev–Trinajstić information content (AvgIpc) is 3.13. The largest absolute Gasteiger partial charge is 0.368 e. The molecule has 2 aromatic heterocycles. The van der Waals surface area contributed by atoms with Gasteiger partial charge in [0, 0.05) is 24.5 Å². The van der Waals surface area contributed by atoms with E-state index in [9.17, 15) is 25.9 Å². The summed E-state index contributed by atoms with van der Waals surface area (Å²) in [6.07, 6.45) is 4.22. The summed E-state index contributed by atoms with van der Waals surface area (Å²) in [6, 6.07) is 8.05. The van der Waals surface area contributed by atoms with Gasteiger partial charge in [0.2, 0.25) is 35.7 Å². The molecule has 56 heavy (non-hydrogen) atoms. The molecule has 22 heteroatoms. The van der Waals surface area contributed by atoms with Crippen molar-refractivity contribution in [3.63, 3.8) is 0 Å². The molecule has 0 bridgehead atoms. The second-order valence-corrected chi connectivity index (χ2v) is 15.1. The fourth-order valence-corrected chi connectivity index (χ4v) is 6.94. The van der Waals surface area contributed by atoms with Gasteiger partial charge in [-0.05, 0) is 87.5 Å². The van der Waals surface area contributed by atoms with Crippen molar-refractivity contribution in [1.29, 1.82) is 0 Å². The van der Waals surface area contributed by atoms with Gasteiger partial charge in [-0.25, -0.2) is 0 Å². The zero-order valence-corrected chi connectivity index (χ0v) is 33.4. The Bertz CT molecular complexity index is 2030. The van der Waals surface area contributed by atoms with E-state index in [-0.39, 0.29) is 58.2 Å². The Balaban J connectivity index is 1.52. The number of nitrogens with one attached hydrogen (secondary N) is 4. The molecule has 2 aromatic carbocycles. The molecule has 2 heterocycles. The highest BCUT2D eigenvalue weighted by atomic mass is 32.2. The van der Waals surface area contributed by atoms with E-state index >= 15 is 0 Å². The van der Waals surface area contributed by atoms with Gasteiger partial charge in [-0.15, -0.1) is 0 Å². The molecule has 0 aliphatic carbocycles. The number of nitrogens with zero attached hydrogens (tertiary/aromatic N) is 8. The summed E-state index contributed by atoms with van der Waals surface area (Å²) in [6.45, 7) is 15.1. The van der Waals surface area contributed by atoms with Crippen LogP contribution in [-0.4, -0.2) is 118 Å². The van der Waals surface area contributed by atoms with E-state index in [0.717, 1.165) is 64.2 Å². The third-order valence-electron chi connectivity index (χ3n) is 8.50. The second-order valence-electron chi connectivity index (χ2n) is 12.3. The highest BCUT2D eigenvalue weighted by molar-refractivity contribution is 7.86. The topological polar surface area (TPSA) is 293 Å². The highest BCUT2D eigenvalue weighted by Crippen LogP contribution is 2.28. The Labute approximate surface area is 327 Å². The maximum absolute atomic E-state index is 12.5. The summed E-state index contributed by atoms with van der Waals surface area (Å²) in [7, 11) is -9.59. The Morgan fingerprint density at radius 1 is 0.589 bits per heavy atom. The molecule has 0 fully saturated rings. The molecule has 0 atom stereocenters. The average molecular weight is 815 g/mol. The molecule has 4 rings (SSSR count). The van der Waals surface area contributed by atoms with Crippen molar-refractivity contribution in [2.75, 3.05) is 85.1 Å². The molecule has 0 amide bonds. The first-order chi connectivity index (χ1) is 26.6. The van der Waals surface area contributed by atoms with Crippen LogP contribution < -0.4 is 32.7 Å². The van der Waals surface area contributed by atoms with Gasteiger partial charge in [-0.2, -0.15) is 46.7 Å². The Hall–Kier alpha value is -5.26. The lowest BCUT2D eigenvalue weighted by Gasteiger charge is -2.17. The summed E-state index contributed by atoms with van der Waals surface area (Å²) >= 11 is 0. The molecular formula is C34H50N14O6S2. The lowest BCUT2D eigenvalue weighted by atomic mass is 10.1. The SMILES string of the molecule is CCN(CC)CCCNc1nc(N)nc(Nc2ccc(C=Cc3ccc(Nc4nc(N)nc(NCCCN(CC)CC)n4)cc3S(=O)(=O)O)c(S(=O)(=O)O)c2)n1. The summed E-state index contributed by atoms with van der Waals surface area (Å²) in [5.74, 6) is 0.351. The van der Waals surface area contributed by atoms with Crippen LogP contribution in [0.5, 0.6) is 0 Å². The van der Waals surface area contributed by atoms with E-state index in [1.807, 2.05) is 0 Å². The van der Waals surface area contributed by atoms with Gasteiger partial charge in [-0.1, -0.05) is 52.0 Å². The molecule has 0 aliphatic heterocycles. The first kappa shape index (κ1) is 43.5.